The van der Waals surface area contributed by atoms with Gasteiger partial charge in [-0.05, 0) is 54.1 Å². The van der Waals surface area contributed by atoms with Crippen molar-refractivity contribution in [2.75, 3.05) is 0 Å². The molecule has 1 unspecified atom stereocenters. The standard InChI is InChI=1S/C23H28/c1-5-9-15-18(13-6-2)23-19(8-4)20-16-11-10-12-17-21(20)22(23)14-7-3/h5-6,8-9,11-13,16-17,22H,2,4,7,10,14-15H2,1,3H3/b9-5-,18-13-. The molecule has 0 aromatic heterocycles. The summed E-state index contributed by atoms with van der Waals surface area (Å²) in [6, 6.07) is 0. The molecule has 0 saturated carbocycles. The molecule has 0 heterocycles. The Balaban J connectivity index is 2.59. The van der Waals surface area contributed by atoms with E-state index in [1.165, 1.54) is 40.7 Å². The molecule has 0 heteroatoms. The normalized spacial score (nSPS) is 21.1. The van der Waals surface area contributed by atoms with Gasteiger partial charge in [-0.15, -0.1) is 0 Å². The minimum atomic E-state index is 0.471. The molecule has 120 valence electrons. The molecule has 0 aromatic rings. The topological polar surface area (TPSA) is 0 Å². The first-order valence-corrected chi connectivity index (χ1v) is 8.65. The van der Waals surface area contributed by atoms with Crippen LogP contribution in [0, 0.1) is 5.92 Å². The summed E-state index contributed by atoms with van der Waals surface area (Å²) < 4.78 is 0. The number of rotatable bonds is 7. The minimum Gasteiger partial charge on any atom is -0.0991 e. The van der Waals surface area contributed by atoms with E-state index in [2.05, 4.69) is 69.5 Å². The third-order valence-electron chi connectivity index (χ3n) is 4.49. The number of hydrogen-bond acceptors (Lipinski definition) is 0. The SMILES string of the molecule is C=C/C=C(/C/C=C\C)C1=C(C=C)C2=C(C=CCC=C2)C1CCC. The predicted molar refractivity (Wildman–Crippen MR) is 103 cm³/mol. The molecule has 2 aliphatic carbocycles. The summed E-state index contributed by atoms with van der Waals surface area (Å²) in [6.45, 7) is 12.4. The molecule has 0 aromatic carbocycles. The van der Waals surface area contributed by atoms with Gasteiger partial charge in [-0.2, -0.15) is 0 Å². The molecular formula is C23H28. The fourth-order valence-electron chi connectivity index (χ4n) is 3.54. The van der Waals surface area contributed by atoms with E-state index in [9.17, 15) is 0 Å². The lowest BCUT2D eigenvalue weighted by Gasteiger charge is -2.20. The van der Waals surface area contributed by atoms with Crippen LogP contribution in [0.5, 0.6) is 0 Å². The maximum absolute atomic E-state index is 4.11. The van der Waals surface area contributed by atoms with Crippen LogP contribution in [0.3, 0.4) is 0 Å². The Morgan fingerprint density at radius 1 is 1.26 bits per heavy atom. The molecule has 0 N–H and O–H groups in total. The highest BCUT2D eigenvalue weighted by atomic mass is 14.3. The van der Waals surface area contributed by atoms with Gasteiger partial charge in [0.1, 0.15) is 0 Å². The Morgan fingerprint density at radius 2 is 2.04 bits per heavy atom. The average molecular weight is 304 g/mol. The van der Waals surface area contributed by atoms with E-state index in [4.69, 9.17) is 0 Å². The van der Waals surface area contributed by atoms with Gasteiger partial charge in [0.05, 0.1) is 0 Å². The Labute approximate surface area is 141 Å². The number of hydrogen-bond donors (Lipinski definition) is 0. The summed E-state index contributed by atoms with van der Waals surface area (Å²) in [4.78, 5) is 0. The van der Waals surface area contributed by atoms with Crippen LogP contribution in [0.25, 0.3) is 0 Å². The van der Waals surface area contributed by atoms with Crippen molar-refractivity contribution in [2.45, 2.75) is 39.5 Å². The van der Waals surface area contributed by atoms with Crippen LogP contribution in [0.2, 0.25) is 0 Å². The molecule has 0 saturated heterocycles. The predicted octanol–water partition coefficient (Wildman–Crippen LogP) is 6.79. The maximum Gasteiger partial charge on any atom is 0.0104 e. The van der Waals surface area contributed by atoms with Crippen molar-refractivity contribution in [1.29, 1.82) is 0 Å². The Morgan fingerprint density at radius 3 is 2.70 bits per heavy atom. The Kier molecular flexibility index (Phi) is 6.40. The zero-order valence-corrected chi connectivity index (χ0v) is 14.5. The summed E-state index contributed by atoms with van der Waals surface area (Å²) >= 11 is 0. The van der Waals surface area contributed by atoms with Gasteiger partial charge in [0.25, 0.3) is 0 Å². The molecule has 0 spiro atoms. The second kappa shape index (κ2) is 8.53. The summed E-state index contributed by atoms with van der Waals surface area (Å²) in [6.07, 6.45) is 23.9. The molecule has 0 fully saturated rings. The van der Waals surface area contributed by atoms with Crippen LogP contribution in [0.1, 0.15) is 39.5 Å². The van der Waals surface area contributed by atoms with Gasteiger partial charge in [0.15, 0.2) is 0 Å². The molecule has 0 aliphatic heterocycles. The molecule has 23 heavy (non-hydrogen) atoms. The summed E-state index contributed by atoms with van der Waals surface area (Å²) in [5.41, 5.74) is 6.93. The van der Waals surface area contributed by atoms with E-state index < -0.39 is 0 Å². The van der Waals surface area contributed by atoms with E-state index in [0.717, 1.165) is 12.8 Å². The van der Waals surface area contributed by atoms with Crippen molar-refractivity contribution in [3.63, 3.8) is 0 Å². The van der Waals surface area contributed by atoms with Crippen molar-refractivity contribution in [1.82, 2.24) is 0 Å². The molecule has 0 bridgehead atoms. The van der Waals surface area contributed by atoms with Crippen LogP contribution < -0.4 is 0 Å². The van der Waals surface area contributed by atoms with Gasteiger partial charge in [0.2, 0.25) is 0 Å². The average Bonchev–Trinajstić information content (AvgIpc) is 2.71. The van der Waals surface area contributed by atoms with Gasteiger partial charge >= 0.3 is 0 Å². The van der Waals surface area contributed by atoms with Crippen molar-refractivity contribution in [3.8, 4) is 0 Å². The quantitative estimate of drug-likeness (QED) is 0.359. The zero-order valence-electron chi connectivity index (χ0n) is 14.5. The smallest absolute Gasteiger partial charge is 0.0104 e. The van der Waals surface area contributed by atoms with Crippen molar-refractivity contribution >= 4 is 0 Å². The molecule has 0 nitrogen and oxygen atoms in total. The third kappa shape index (κ3) is 3.64. The Hall–Kier alpha value is -2.08. The minimum absolute atomic E-state index is 0.471. The maximum atomic E-state index is 4.11. The largest absolute Gasteiger partial charge is 0.0991 e. The first kappa shape index (κ1) is 17.3. The molecule has 2 rings (SSSR count). The second-order valence-corrected chi connectivity index (χ2v) is 5.98. The van der Waals surface area contributed by atoms with E-state index >= 15 is 0 Å². The van der Waals surface area contributed by atoms with Crippen molar-refractivity contribution in [2.24, 2.45) is 5.92 Å². The van der Waals surface area contributed by atoms with E-state index in [1.807, 2.05) is 12.2 Å². The van der Waals surface area contributed by atoms with Gasteiger partial charge < -0.3 is 0 Å². The third-order valence-corrected chi connectivity index (χ3v) is 4.49. The molecular weight excluding hydrogens is 276 g/mol. The highest BCUT2D eigenvalue weighted by molar-refractivity contribution is 5.67. The van der Waals surface area contributed by atoms with Crippen LogP contribution in [0.15, 0.2) is 95.7 Å². The van der Waals surface area contributed by atoms with E-state index in [0.29, 0.717) is 5.92 Å². The highest BCUT2D eigenvalue weighted by Crippen LogP contribution is 2.46. The molecule has 0 amide bonds. The highest BCUT2D eigenvalue weighted by Gasteiger charge is 2.31. The van der Waals surface area contributed by atoms with Gasteiger partial charge in [-0.25, -0.2) is 0 Å². The van der Waals surface area contributed by atoms with Crippen LogP contribution in [-0.2, 0) is 0 Å². The van der Waals surface area contributed by atoms with Crippen LogP contribution in [-0.4, -0.2) is 0 Å². The van der Waals surface area contributed by atoms with Gasteiger partial charge in [0, 0.05) is 5.92 Å². The van der Waals surface area contributed by atoms with Gasteiger partial charge in [-0.1, -0.05) is 81.2 Å². The molecule has 2 aliphatic rings. The summed E-state index contributed by atoms with van der Waals surface area (Å²) in [5, 5.41) is 0. The van der Waals surface area contributed by atoms with Crippen molar-refractivity contribution in [3.05, 3.63) is 95.7 Å². The summed E-state index contributed by atoms with van der Waals surface area (Å²) in [5.74, 6) is 0.471. The molecule has 1 atom stereocenters. The Bertz CT molecular complexity index is 642. The van der Waals surface area contributed by atoms with E-state index in [1.54, 1.807) is 0 Å². The van der Waals surface area contributed by atoms with E-state index in [-0.39, 0.29) is 0 Å². The summed E-state index contributed by atoms with van der Waals surface area (Å²) in [7, 11) is 0. The fraction of sp³-hybridized carbons (Fsp3) is 0.304. The van der Waals surface area contributed by atoms with Gasteiger partial charge in [-0.3, -0.25) is 0 Å². The molecule has 0 radical (unpaired) electrons. The van der Waals surface area contributed by atoms with Crippen LogP contribution >= 0.6 is 0 Å². The first-order valence-electron chi connectivity index (χ1n) is 8.65. The lowest BCUT2D eigenvalue weighted by atomic mass is 9.84. The fourth-order valence-corrected chi connectivity index (χ4v) is 3.54. The lowest BCUT2D eigenvalue weighted by Crippen LogP contribution is -2.06. The second-order valence-electron chi connectivity index (χ2n) is 5.98. The first-order chi connectivity index (χ1) is 11.3. The number of allylic oxidation sites excluding steroid dienone is 14. The monoisotopic (exact) mass is 304 g/mol. The van der Waals surface area contributed by atoms with Crippen LogP contribution in [0.4, 0.5) is 0 Å². The van der Waals surface area contributed by atoms with Crippen molar-refractivity contribution < 1.29 is 0 Å². The zero-order chi connectivity index (χ0) is 16.7. The lowest BCUT2D eigenvalue weighted by molar-refractivity contribution is 0.647.